The molecule has 3 nitrogen and oxygen atoms in total. The van der Waals surface area contributed by atoms with Crippen LogP contribution in [-0.2, 0) is 6.61 Å². The van der Waals surface area contributed by atoms with E-state index in [0.29, 0.717) is 12.4 Å². The summed E-state index contributed by atoms with van der Waals surface area (Å²) in [4.78, 5) is 4.09. The van der Waals surface area contributed by atoms with E-state index in [1.165, 1.54) is 23.5 Å². The third-order valence-corrected chi connectivity index (χ3v) is 3.02. The summed E-state index contributed by atoms with van der Waals surface area (Å²) in [5, 5.41) is 2.69. The van der Waals surface area contributed by atoms with Gasteiger partial charge in [-0.1, -0.05) is 12.2 Å². The SMILES string of the molecule is NC(=S)c1ccc(OCc2nccs2)cc1F. The number of nitrogens with two attached hydrogens (primary N) is 1. The lowest BCUT2D eigenvalue weighted by Crippen LogP contribution is -2.11. The van der Waals surface area contributed by atoms with Gasteiger partial charge in [0.1, 0.15) is 28.2 Å². The molecular formula is C11H9FN2OS2. The number of thiocarbonyl (C=S) groups is 1. The minimum absolute atomic E-state index is 0.0361. The standard InChI is InChI=1S/C11H9FN2OS2/c12-9-5-7(1-2-8(9)11(13)16)15-6-10-14-3-4-17-10/h1-5H,6H2,(H2,13,16). The summed E-state index contributed by atoms with van der Waals surface area (Å²) in [5.41, 5.74) is 5.58. The van der Waals surface area contributed by atoms with Crippen molar-refractivity contribution in [3.8, 4) is 5.75 Å². The van der Waals surface area contributed by atoms with Crippen molar-refractivity contribution in [1.29, 1.82) is 0 Å². The number of thiazole rings is 1. The van der Waals surface area contributed by atoms with Crippen LogP contribution in [0.1, 0.15) is 10.6 Å². The summed E-state index contributed by atoms with van der Waals surface area (Å²) >= 11 is 6.19. The van der Waals surface area contributed by atoms with Gasteiger partial charge in [-0.2, -0.15) is 0 Å². The first-order valence-electron chi connectivity index (χ1n) is 4.77. The second kappa shape index (κ2) is 5.20. The van der Waals surface area contributed by atoms with Gasteiger partial charge >= 0.3 is 0 Å². The Balaban J connectivity index is 2.07. The molecule has 6 heteroatoms. The summed E-state index contributed by atoms with van der Waals surface area (Å²) in [6, 6.07) is 4.40. The molecule has 0 bridgehead atoms. The topological polar surface area (TPSA) is 48.1 Å². The number of aromatic nitrogens is 1. The lowest BCUT2D eigenvalue weighted by Gasteiger charge is -2.06. The fourth-order valence-corrected chi connectivity index (χ4v) is 1.95. The van der Waals surface area contributed by atoms with E-state index in [9.17, 15) is 4.39 Å². The fourth-order valence-electron chi connectivity index (χ4n) is 1.25. The van der Waals surface area contributed by atoms with Crippen molar-refractivity contribution in [2.24, 2.45) is 5.73 Å². The normalized spacial score (nSPS) is 10.2. The molecule has 0 aliphatic rings. The van der Waals surface area contributed by atoms with Crippen LogP contribution in [0, 0.1) is 5.82 Å². The number of rotatable bonds is 4. The Labute approximate surface area is 107 Å². The minimum Gasteiger partial charge on any atom is -0.486 e. The van der Waals surface area contributed by atoms with Crippen LogP contribution in [-0.4, -0.2) is 9.97 Å². The van der Waals surface area contributed by atoms with Gasteiger partial charge in [-0.3, -0.25) is 0 Å². The Hall–Kier alpha value is -1.53. The monoisotopic (exact) mass is 268 g/mol. The second-order valence-electron chi connectivity index (χ2n) is 3.22. The molecule has 1 heterocycles. The number of nitrogens with zero attached hydrogens (tertiary/aromatic N) is 1. The molecule has 0 unspecified atom stereocenters. The van der Waals surface area contributed by atoms with E-state index in [2.05, 4.69) is 4.98 Å². The molecule has 0 spiro atoms. The van der Waals surface area contributed by atoms with Crippen LogP contribution in [0.5, 0.6) is 5.75 Å². The predicted octanol–water partition coefficient (Wildman–Crippen LogP) is 2.50. The molecule has 2 rings (SSSR count). The molecule has 88 valence electrons. The number of hydrogen-bond donors (Lipinski definition) is 1. The molecule has 0 aliphatic heterocycles. The van der Waals surface area contributed by atoms with Gasteiger partial charge in [0.05, 0.1) is 0 Å². The van der Waals surface area contributed by atoms with E-state index in [1.807, 2.05) is 5.38 Å². The highest BCUT2D eigenvalue weighted by atomic mass is 32.1. The van der Waals surface area contributed by atoms with Crippen LogP contribution in [0.4, 0.5) is 4.39 Å². The van der Waals surface area contributed by atoms with Gasteiger partial charge < -0.3 is 10.5 Å². The Kier molecular flexibility index (Phi) is 3.65. The van der Waals surface area contributed by atoms with E-state index in [1.54, 1.807) is 12.3 Å². The smallest absolute Gasteiger partial charge is 0.140 e. The molecular weight excluding hydrogens is 259 g/mol. The molecule has 0 saturated heterocycles. The van der Waals surface area contributed by atoms with Gasteiger partial charge in [-0.25, -0.2) is 9.37 Å². The summed E-state index contributed by atoms with van der Waals surface area (Å²) in [6.45, 7) is 0.323. The number of benzene rings is 1. The third-order valence-electron chi connectivity index (χ3n) is 2.05. The highest BCUT2D eigenvalue weighted by Gasteiger charge is 2.07. The molecule has 0 saturated carbocycles. The van der Waals surface area contributed by atoms with Crippen molar-refractivity contribution >= 4 is 28.5 Å². The van der Waals surface area contributed by atoms with E-state index in [4.69, 9.17) is 22.7 Å². The van der Waals surface area contributed by atoms with Crippen LogP contribution in [0.2, 0.25) is 0 Å². The van der Waals surface area contributed by atoms with E-state index in [0.717, 1.165) is 5.01 Å². The maximum atomic E-state index is 13.5. The molecule has 0 radical (unpaired) electrons. The minimum atomic E-state index is -0.478. The average molecular weight is 268 g/mol. The summed E-state index contributed by atoms with van der Waals surface area (Å²) in [5.74, 6) is -0.0492. The molecule has 2 aromatic rings. The first-order chi connectivity index (χ1) is 8.16. The van der Waals surface area contributed by atoms with Crippen LogP contribution < -0.4 is 10.5 Å². The van der Waals surface area contributed by atoms with Crippen molar-refractivity contribution in [1.82, 2.24) is 4.98 Å². The highest BCUT2D eigenvalue weighted by Crippen LogP contribution is 2.18. The zero-order valence-electron chi connectivity index (χ0n) is 8.72. The molecule has 1 aromatic heterocycles. The van der Waals surface area contributed by atoms with E-state index in [-0.39, 0.29) is 10.6 Å². The largest absolute Gasteiger partial charge is 0.486 e. The first kappa shape index (κ1) is 11.9. The molecule has 2 N–H and O–H groups in total. The van der Waals surface area contributed by atoms with Crippen molar-refractivity contribution in [3.05, 3.63) is 46.2 Å². The van der Waals surface area contributed by atoms with Gasteiger partial charge in [0.25, 0.3) is 0 Å². The van der Waals surface area contributed by atoms with Gasteiger partial charge in [0, 0.05) is 23.2 Å². The number of halogens is 1. The van der Waals surface area contributed by atoms with Crippen LogP contribution in [0.25, 0.3) is 0 Å². The molecule has 1 aromatic carbocycles. The first-order valence-corrected chi connectivity index (χ1v) is 6.06. The zero-order valence-corrected chi connectivity index (χ0v) is 10.4. The van der Waals surface area contributed by atoms with Gasteiger partial charge in [0.2, 0.25) is 0 Å². The molecule has 0 fully saturated rings. The molecule has 17 heavy (non-hydrogen) atoms. The Morgan fingerprint density at radius 2 is 2.35 bits per heavy atom. The van der Waals surface area contributed by atoms with E-state index < -0.39 is 5.82 Å². The quantitative estimate of drug-likeness (QED) is 0.866. The number of ether oxygens (including phenoxy) is 1. The van der Waals surface area contributed by atoms with Gasteiger partial charge in [-0.15, -0.1) is 11.3 Å². The third kappa shape index (κ3) is 2.98. The van der Waals surface area contributed by atoms with Gasteiger partial charge in [-0.05, 0) is 12.1 Å². The van der Waals surface area contributed by atoms with Crippen molar-refractivity contribution in [3.63, 3.8) is 0 Å². The molecule has 0 amide bonds. The number of hydrogen-bond acceptors (Lipinski definition) is 4. The molecule has 0 aliphatic carbocycles. The highest BCUT2D eigenvalue weighted by molar-refractivity contribution is 7.80. The van der Waals surface area contributed by atoms with Crippen LogP contribution in [0.3, 0.4) is 0 Å². The van der Waals surface area contributed by atoms with Crippen molar-refractivity contribution in [2.75, 3.05) is 0 Å². The summed E-state index contributed by atoms with van der Waals surface area (Å²) < 4.78 is 18.9. The van der Waals surface area contributed by atoms with Crippen molar-refractivity contribution in [2.45, 2.75) is 6.61 Å². The second-order valence-corrected chi connectivity index (χ2v) is 4.64. The maximum absolute atomic E-state index is 13.5. The summed E-state index contributed by atoms with van der Waals surface area (Å²) in [6.07, 6.45) is 1.69. The Bertz CT molecular complexity index is 528. The lowest BCUT2D eigenvalue weighted by molar-refractivity contribution is 0.304. The zero-order chi connectivity index (χ0) is 12.3. The fraction of sp³-hybridized carbons (Fsp3) is 0.0909. The Morgan fingerprint density at radius 1 is 1.53 bits per heavy atom. The van der Waals surface area contributed by atoms with Gasteiger partial charge in [0.15, 0.2) is 0 Å². The Morgan fingerprint density at radius 3 is 2.94 bits per heavy atom. The average Bonchev–Trinajstić information content (AvgIpc) is 2.78. The lowest BCUT2D eigenvalue weighted by atomic mass is 10.2. The van der Waals surface area contributed by atoms with Crippen LogP contribution in [0.15, 0.2) is 29.8 Å². The van der Waals surface area contributed by atoms with Crippen molar-refractivity contribution < 1.29 is 9.13 Å². The summed E-state index contributed by atoms with van der Waals surface area (Å²) in [7, 11) is 0. The molecule has 0 atom stereocenters. The van der Waals surface area contributed by atoms with E-state index >= 15 is 0 Å². The maximum Gasteiger partial charge on any atom is 0.140 e. The predicted molar refractivity (Wildman–Crippen MR) is 68.7 cm³/mol. The van der Waals surface area contributed by atoms with Crippen LogP contribution >= 0.6 is 23.6 Å².